The molecule has 46 heavy (non-hydrogen) atoms. The zero-order chi connectivity index (χ0) is 32.1. The van der Waals surface area contributed by atoms with Gasteiger partial charge in [0.05, 0.1) is 0 Å². The van der Waals surface area contributed by atoms with Gasteiger partial charge in [0.1, 0.15) is 0 Å². The summed E-state index contributed by atoms with van der Waals surface area (Å²) in [5.74, 6) is 1.06. The third-order valence-corrected chi connectivity index (χ3v) is 14.1. The monoisotopic (exact) mass is 644 g/mol. The summed E-state index contributed by atoms with van der Waals surface area (Å²) in [5.41, 5.74) is 2.78. The first kappa shape index (κ1) is 34.2. The van der Waals surface area contributed by atoms with Gasteiger partial charge in [0, 0.05) is 25.2 Å². The van der Waals surface area contributed by atoms with Crippen molar-refractivity contribution < 1.29 is 0 Å². The lowest BCUT2D eigenvalue weighted by Gasteiger charge is -2.30. The van der Waals surface area contributed by atoms with E-state index in [-0.39, 0.29) is 0 Å². The van der Waals surface area contributed by atoms with E-state index in [1.165, 1.54) is 32.3 Å². The Morgan fingerprint density at radius 2 is 0.652 bits per heavy atom. The number of hydrogen-bond acceptors (Lipinski definition) is 2. The van der Waals surface area contributed by atoms with Crippen molar-refractivity contribution in [3.05, 3.63) is 157 Å². The van der Waals surface area contributed by atoms with Gasteiger partial charge in [-0.05, 0) is 72.3 Å². The molecule has 0 saturated heterocycles. The maximum absolute atomic E-state index is 4.02. The maximum Gasteiger partial charge on any atom is 0.0211 e. The Kier molecular flexibility index (Phi) is 13.2. The van der Waals surface area contributed by atoms with Crippen LogP contribution in [0, 0.1) is 11.8 Å². The SMILES string of the molecule is CC(C)C(CP(c1ccccc1)c1ccccc1)NCc1ccccc1CNC(CP(c1ccccc1)c1ccccc1)C(C)C. The highest BCUT2D eigenvalue weighted by Gasteiger charge is 2.24. The Labute approximate surface area is 280 Å². The fourth-order valence-corrected chi connectivity index (χ4v) is 11.4. The fourth-order valence-electron chi connectivity index (χ4n) is 5.95. The maximum atomic E-state index is 4.02. The van der Waals surface area contributed by atoms with E-state index in [1.54, 1.807) is 0 Å². The van der Waals surface area contributed by atoms with Crippen LogP contribution >= 0.6 is 15.8 Å². The van der Waals surface area contributed by atoms with Crippen molar-refractivity contribution in [2.75, 3.05) is 12.3 Å². The van der Waals surface area contributed by atoms with Gasteiger partial charge in [0.15, 0.2) is 0 Å². The average molecular weight is 645 g/mol. The summed E-state index contributed by atoms with van der Waals surface area (Å²) in [6, 6.07) is 54.3. The van der Waals surface area contributed by atoms with Crippen LogP contribution in [0.1, 0.15) is 38.8 Å². The Morgan fingerprint density at radius 3 is 0.913 bits per heavy atom. The van der Waals surface area contributed by atoms with Gasteiger partial charge in [-0.25, -0.2) is 0 Å². The lowest BCUT2D eigenvalue weighted by Crippen LogP contribution is -2.39. The third kappa shape index (κ3) is 9.70. The Balaban J connectivity index is 1.28. The largest absolute Gasteiger partial charge is 0.309 e. The summed E-state index contributed by atoms with van der Waals surface area (Å²) in [6.07, 6.45) is 2.25. The molecule has 0 amide bonds. The van der Waals surface area contributed by atoms with Gasteiger partial charge in [0.25, 0.3) is 0 Å². The molecule has 0 bridgehead atoms. The van der Waals surface area contributed by atoms with E-state index in [4.69, 9.17) is 0 Å². The van der Waals surface area contributed by atoms with Crippen molar-refractivity contribution >= 4 is 37.1 Å². The summed E-state index contributed by atoms with van der Waals surface area (Å²) in [6.45, 7) is 11.2. The summed E-state index contributed by atoms with van der Waals surface area (Å²) in [4.78, 5) is 0. The van der Waals surface area contributed by atoms with Gasteiger partial charge in [-0.2, -0.15) is 0 Å². The van der Waals surface area contributed by atoms with Crippen LogP contribution in [-0.4, -0.2) is 24.4 Å². The van der Waals surface area contributed by atoms with Gasteiger partial charge in [-0.1, -0.05) is 173 Å². The first-order valence-corrected chi connectivity index (χ1v) is 19.8. The standard InChI is InChI=1S/C42H50N2P2/c1-33(2)41(31-45(37-21-9-5-10-22-37)38-23-11-6-12-24-38)43-29-35-19-17-18-20-36(35)30-44-42(34(3)4)32-46(39-25-13-7-14-26-39)40-27-15-8-16-28-40/h5-28,33-34,41-44H,29-32H2,1-4H3. The lowest BCUT2D eigenvalue weighted by atomic mass is 10.0. The van der Waals surface area contributed by atoms with E-state index in [0.717, 1.165) is 25.4 Å². The molecule has 2 unspecified atom stereocenters. The molecule has 0 heterocycles. The molecule has 0 aliphatic rings. The van der Waals surface area contributed by atoms with E-state index >= 15 is 0 Å². The van der Waals surface area contributed by atoms with Crippen LogP contribution < -0.4 is 31.9 Å². The number of nitrogens with one attached hydrogen (secondary N) is 2. The van der Waals surface area contributed by atoms with Crippen molar-refractivity contribution in [3.63, 3.8) is 0 Å². The van der Waals surface area contributed by atoms with E-state index in [9.17, 15) is 0 Å². The van der Waals surface area contributed by atoms with Gasteiger partial charge in [-0.3, -0.25) is 0 Å². The molecule has 2 atom stereocenters. The molecule has 5 rings (SSSR count). The average Bonchev–Trinajstić information content (AvgIpc) is 3.10. The van der Waals surface area contributed by atoms with Crippen LogP contribution in [0.3, 0.4) is 0 Å². The summed E-state index contributed by atoms with van der Waals surface area (Å²) >= 11 is 0. The van der Waals surface area contributed by atoms with Crippen LogP contribution in [0.15, 0.2) is 146 Å². The molecule has 238 valence electrons. The van der Waals surface area contributed by atoms with Gasteiger partial charge >= 0.3 is 0 Å². The van der Waals surface area contributed by atoms with Crippen molar-refractivity contribution in [2.45, 2.75) is 52.9 Å². The normalized spacial score (nSPS) is 13.0. The van der Waals surface area contributed by atoms with E-state index < -0.39 is 15.8 Å². The molecule has 0 aliphatic carbocycles. The first-order chi connectivity index (χ1) is 22.5. The van der Waals surface area contributed by atoms with Gasteiger partial charge in [-0.15, -0.1) is 0 Å². The molecule has 0 radical (unpaired) electrons. The first-order valence-electron chi connectivity index (χ1n) is 16.8. The van der Waals surface area contributed by atoms with Gasteiger partial charge in [0.2, 0.25) is 0 Å². The minimum absolute atomic E-state index is 0.413. The smallest absolute Gasteiger partial charge is 0.0211 e. The van der Waals surface area contributed by atoms with E-state index in [0.29, 0.717) is 23.9 Å². The van der Waals surface area contributed by atoms with Crippen LogP contribution in [0.4, 0.5) is 0 Å². The molecule has 5 aromatic carbocycles. The van der Waals surface area contributed by atoms with Crippen molar-refractivity contribution in [2.24, 2.45) is 11.8 Å². The Bertz CT molecular complexity index is 1360. The van der Waals surface area contributed by atoms with Crippen LogP contribution in [0.5, 0.6) is 0 Å². The third-order valence-electron chi connectivity index (χ3n) is 8.87. The molecule has 0 saturated carbocycles. The lowest BCUT2D eigenvalue weighted by molar-refractivity contribution is 0.422. The quantitative estimate of drug-likeness (QED) is 0.106. The minimum atomic E-state index is -0.454. The molecule has 0 aromatic heterocycles. The molecule has 0 aliphatic heterocycles. The van der Waals surface area contributed by atoms with Crippen molar-refractivity contribution in [3.8, 4) is 0 Å². The summed E-state index contributed by atoms with van der Waals surface area (Å²) in [7, 11) is -0.908. The fraction of sp³-hybridized carbons (Fsp3) is 0.286. The zero-order valence-electron chi connectivity index (χ0n) is 27.9. The van der Waals surface area contributed by atoms with E-state index in [1.807, 2.05) is 0 Å². The second-order valence-corrected chi connectivity index (χ2v) is 17.3. The molecular formula is C42H50N2P2. The van der Waals surface area contributed by atoms with Crippen LogP contribution in [-0.2, 0) is 13.1 Å². The van der Waals surface area contributed by atoms with E-state index in [2.05, 4.69) is 184 Å². The second kappa shape index (κ2) is 17.7. The summed E-state index contributed by atoms with van der Waals surface area (Å²) in [5, 5.41) is 13.8. The molecule has 0 spiro atoms. The zero-order valence-corrected chi connectivity index (χ0v) is 29.7. The molecule has 4 heteroatoms. The number of benzene rings is 5. The molecule has 0 fully saturated rings. The molecule has 5 aromatic rings. The number of hydrogen-bond donors (Lipinski definition) is 2. The predicted octanol–water partition coefficient (Wildman–Crippen LogP) is 8.18. The Hall–Kier alpha value is -3.12. The summed E-state index contributed by atoms with van der Waals surface area (Å²) < 4.78 is 0. The second-order valence-electron chi connectivity index (χ2n) is 12.8. The highest BCUT2D eigenvalue weighted by molar-refractivity contribution is 7.73. The van der Waals surface area contributed by atoms with Crippen molar-refractivity contribution in [1.29, 1.82) is 0 Å². The molecule has 2 N–H and O–H groups in total. The topological polar surface area (TPSA) is 24.1 Å². The highest BCUT2D eigenvalue weighted by Crippen LogP contribution is 2.37. The Morgan fingerprint density at radius 1 is 0.391 bits per heavy atom. The predicted molar refractivity (Wildman–Crippen MR) is 205 cm³/mol. The van der Waals surface area contributed by atoms with Crippen LogP contribution in [0.2, 0.25) is 0 Å². The molecule has 2 nitrogen and oxygen atoms in total. The highest BCUT2D eigenvalue weighted by atomic mass is 31.1. The van der Waals surface area contributed by atoms with Crippen molar-refractivity contribution in [1.82, 2.24) is 10.6 Å². The molecular weight excluding hydrogens is 594 g/mol. The minimum Gasteiger partial charge on any atom is -0.309 e. The van der Waals surface area contributed by atoms with Crippen LogP contribution in [0.25, 0.3) is 0 Å². The number of rotatable bonds is 16. The van der Waals surface area contributed by atoms with Gasteiger partial charge < -0.3 is 10.6 Å².